The molecule has 0 aliphatic carbocycles. The SMILES string of the molecule is FC(F)(F)CCCC1CCCN1. The normalized spacial score (nSPS) is 24.8. The molecule has 0 aromatic rings. The van der Waals surface area contributed by atoms with Gasteiger partial charge in [0.2, 0.25) is 0 Å². The average molecular weight is 181 g/mol. The summed E-state index contributed by atoms with van der Waals surface area (Å²) in [4.78, 5) is 0. The quantitative estimate of drug-likeness (QED) is 0.705. The highest BCUT2D eigenvalue weighted by Gasteiger charge is 2.26. The molecular weight excluding hydrogens is 167 g/mol. The number of halogens is 3. The van der Waals surface area contributed by atoms with Gasteiger partial charge in [-0.1, -0.05) is 0 Å². The Hall–Kier alpha value is -0.250. The predicted molar refractivity (Wildman–Crippen MR) is 40.9 cm³/mol. The van der Waals surface area contributed by atoms with Crippen LogP contribution in [0.1, 0.15) is 32.1 Å². The molecule has 0 spiro atoms. The number of alkyl halides is 3. The Morgan fingerprint density at radius 2 is 2.08 bits per heavy atom. The first-order valence-electron chi connectivity index (χ1n) is 4.38. The smallest absolute Gasteiger partial charge is 0.314 e. The third-order valence-electron chi connectivity index (χ3n) is 2.18. The van der Waals surface area contributed by atoms with Crippen LogP contribution in [0.3, 0.4) is 0 Å². The van der Waals surface area contributed by atoms with E-state index in [2.05, 4.69) is 5.32 Å². The van der Waals surface area contributed by atoms with E-state index in [0.717, 1.165) is 19.4 Å². The fourth-order valence-electron chi connectivity index (χ4n) is 1.55. The molecule has 1 atom stereocenters. The van der Waals surface area contributed by atoms with Crippen LogP contribution in [0.2, 0.25) is 0 Å². The van der Waals surface area contributed by atoms with E-state index in [0.29, 0.717) is 12.5 Å². The van der Waals surface area contributed by atoms with E-state index in [4.69, 9.17) is 0 Å². The van der Waals surface area contributed by atoms with Crippen LogP contribution in [0, 0.1) is 0 Å². The van der Waals surface area contributed by atoms with Crippen LogP contribution in [-0.4, -0.2) is 18.8 Å². The molecule has 1 heterocycles. The largest absolute Gasteiger partial charge is 0.389 e. The van der Waals surface area contributed by atoms with E-state index >= 15 is 0 Å². The topological polar surface area (TPSA) is 12.0 Å². The summed E-state index contributed by atoms with van der Waals surface area (Å²) < 4.78 is 35.1. The summed E-state index contributed by atoms with van der Waals surface area (Å²) in [6.07, 6.45) is -1.53. The summed E-state index contributed by atoms with van der Waals surface area (Å²) in [5.74, 6) is 0. The molecule has 1 nitrogen and oxygen atoms in total. The molecule has 0 bridgehead atoms. The highest BCUT2D eigenvalue weighted by molar-refractivity contribution is 4.74. The Kier molecular flexibility index (Phi) is 3.38. The lowest BCUT2D eigenvalue weighted by Crippen LogP contribution is -2.21. The van der Waals surface area contributed by atoms with Crippen molar-refractivity contribution in [1.82, 2.24) is 5.32 Å². The van der Waals surface area contributed by atoms with Gasteiger partial charge in [0.05, 0.1) is 0 Å². The van der Waals surface area contributed by atoms with Crippen LogP contribution < -0.4 is 5.32 Å². The summed E-state index contributed by atoms with van der Waals surface area (Å²) >= 11 is 0. The zero-order valence-electron chi connectivity index (χ0n) is 6.95. The van der Waals surface area contributed by atoms with E-state index in [-0.39, 0.29) is 6.42 Å². The second-order valence-corrected chi connectivity index (χ2v) is 3.30. The van der Waals surface area contributed by atoms with Gasteiger partial charge in [-0.05, 0) is 32.2 Å². The van der Waals surface area contributed by atoms with Gasteiger partial charge in [0.15, 0.2) is 0 Å². The number of hydrogen-bond donors (Lipinski definition) is 1. The summed E-state index contributed by atoms with van der Waals surface area (Å²) in [5, 5.41) is 3.18. The van der Waals surface area contributed by atoms with Crippen LogP contribution in [0.5, 0.6) is 0 Å². The van der Waals surface area contributed by atoms with Crippen LogP contribution in [0.15, 0.2) is 0 Å². The number of hydrogen-bond acceptors (Lipinski definition) is 1. The minimum atomic E-state index is -3.97. The van der Waals surface area contributed by atoms with E-state index in [1.54, 1.807) is 0 Å². The van der Waals surface area contributed by atoms with E-state index in [9.17, 15) is 13.2 Å². The van der Waals surface area contributed by atoms with Gasteiger partial charge in [0, 0.05) is 12.5 Å². The molecule has 0 amide bonds. The Morgan fingerprint density at radius 3 is 2.58 bits per heavy atom. The highest BCUT2D eigenvalue weighted by Crippen LogP contribution is 2.23. The van der Waals surface area contributed by atoms with Crippen molar-refractivity contribution in [2.75, 3.05) is 6.54 Å². The van der Waals surface area contributed by atoms with Crippen LogP contribution in [-0.2, 0) is 0 Å². The molecule has 72 valence electrons. The molecule has 1 aliphatic rings. The zero-order chi connectivity index (χ0) is 9.03. The fraction of sp³-hybridized carbons (Fsp3) is 1.00. The van der Waals surface area contributed by atoms with E-state index in [1.165, 1.54) is 0 Å². The van der Waals surface area contributed by atoms with Gasteiger partial charge in [-0.3, -0.25) is 0 Å². The molecule has 0 aromatic heterocycles. The van der Waals surface area contributed by atoms with Crippen molar-refractivity contribution in [2.24, 2.45) is 0 Å². The Bertz CT molecular complexity index is 127. The van der Waals surface area contributed by atoms with Crippen molar-refractivity contribution in [3.8, 4) is 0 Å². The molecule has 1 aliphatic heterocycles. The molecule has 0 aromatic carbocycles. The van der Waals surface area contributed by atoms with Crippen molar-refractivity contribution >= 4 is 0 Å². The minimum Gasteiger partial charge on any atom is -0.314 e. The molecule has 1 fully saturated rings. The van der Waals surface area contributed by atoms with Crippen molar-refractivity contribution in [3.05, 3.63) is 0 Å². The van der Waals surface area contributed by atoms with Gasteiger partial charge in [-0.25, -0.2) is 0 Å². The maximum atomic E-state index is 11.7. The Labute approximate surface area is 70.3 Å². The molecule has 1 N–H and O–H groups in total. The van der Waals surface area contributed by atoms with Crippen molar-refractivity contribution in [2.45, 2.75) is 44.3 Å². The fourth-order valence-corrected chi connectivity index (χ4v) is 1.55. The highest BCUT2D eigenvalue weighted by atomic mass is 19.4. The van der Waals surface area contributed by atoms with E-state index < -0.39 is 12.6 Å². The second-order valence-electron chi connectivity index (χ2n) is 3.30. The second kappa shape index (κ2) is 4.12. The van der Waals surface area contributed by atoms with Crippen molar-refractivity contribution < 1.29 is 13.2 Å². The molecule has 0 saturated carbocycles. The molecular formula is C8H14F3N. The molecule has 1 unspecified atom stereocenters. The lowest BCUT2D eigenvalue weighted by Gasteiger charge is -2.10. The van der Waals surface area contributed by atoms with Crippen molar-refractivity contribution in [3.63, 3.8) is 0 Å². The third kappa shape index (κ3) is 3.95. The lowest BCUT2D eigenvalue weighted by atomic mass is 10.1. The maximum absolute atomic E-state index is 11.7. The first-order valence-corrected chi connectivity index (χ1v) is 4.38. The summed E-state index contributed by atoms with van der Waals surface area (Å²) in [7, 11) is 0. The summed E-state index contributed by atoms with van der Waals surface area (Å²) in [6, 6.07) is 0.340. The lowest BCUT2D eigenvalue weighted by molar-refractivity contribution is -0.135. The van der Waals surface area contributed by atoms with Gasteiger partial charge >= 0.3 is 6.18 Å². The Balaban J connectivity index is 2.02. The number of rotatable bonds is 3. The van der Waals surface area contributed by atoms with Gasteiger partial charge in [-0.2, -0.15) is 13.2 Å². The minimum absolute atomic E-state index is 0.265. The van der Waals surface area contributed by atoms with Gasteiger partial charge < -0.3 is 5.32 Å². The molecule has 1 rings (SSSR count). The molecule has 0 radical (unpaired) electrons. The molecule has 4 heteroatoms. The number of nitrogens with one attached hydrogen (secondary N) is 1. The van der Waals surface area contributed by atoms with Gasteiger partial charge in [-0.15, -0.1) is 0 Å². The standard InChI is InChI=1S/C8H14F3N/c9-8(10,11)5-1-3-7-4-2-6-12-7/h7,12H,1-6H2. The van der Waals surface area contributed by atoms with Crippen LogP contribution >= 0.6 is 0 Å². The first kappa shape index (κ1) is 9.84. The monoisotopic (exact) mass is 181 g/mol. The zero-order valence-corrected chi connectivity index (χ0v) is 6.95. The molecule has 12 heavy (non-hydrogen) atoms. The summed E-state index contributed by atoms with van der Waals surface area (Å²) in [5.41, 5.74) is 0. The Morgan fingerprint density at radius 1 is 1.33 bits per heavy atom. The van der Waals surface area contributed by atoms with Crippen molar-refractivity contribution in [1.29, 1.82) is 0 Å². The van der Waals surface area contributed by atoms with Gasteiger partial charge in [0.1, 0.15) is 0 Å². The van der Waals surface area contributed by atoms with E-state index in [1.807, 2.05) is 0 Å². The van der Waals surface area contributed by atoms with Crippen LogP contribution in [0.4, 0.5) is 13.2 Å². The first-order chi connectivity index (χ1) is 5.58. The van der Waals surface area contributed by atoms with Crippen LogP contribution in [0.25, 0.3) is 0 Å². The summed E-state index contributed by atoms with van der Waals surface area (Å²) in [6.45, 7) is 0.969. The van der Waals surface area contributed by atoms with Gasteiger partial charge in [0.25, 0.3) is 0 Å². The third-order valence-corrected chi connectivity index (χ3v) is 2.18. The maximum Gasteiger partial charge on any atom is 0.389 e. The predicted octanol–water partition coefficient (Wildman–Crippen LogP) is 2.47. The molecule has 1 saturated heterocycles. The average Bonchev–Trinajstić information content (AvgIpc) is 2.36.